The SMILES string of the molecule is Cc1cc2ncn(CC(=O)NC3CCCCCCC3)c2cc1C. The lowest BCUT2D eigenvalue weighted by atomic mass is 9.97. The van der Waals surface area contributed by atoms with Crippen molar-refractivity contribution in [1.82, 2.24) is 14.9 Å². The third-order valence-electron chi connectivity index (χ3n) is 5.02. The third-order valence-corrected chi connectivity index (χ3v) is 5.02. The minimum Gasteiger partial charge on any atom is -0.352 e. The van der Waals surface area contributed by atoms with Crippen LogP contribution in [0.1, 0.15) is 56.1 Å². The van der Waals surface area contributed by atoms with Crippen LogP contribution < -0.4 is 5.32 Å². The Bertz CT molecular complexity index is 681. The molecule has 2 aromatic rings. The minimum absolute atomic E-state index is 0.105. The fourth-order valence-electron chi connectivity index (χ4n) is 3.47. The van der Waals surface area contributed by atoms with E-state index in [1.54, 1.807) is 6.33 Å². The van der Waals surface area contributed by atoms with E-state index < -0.39 is 0 Å². The second-order valence-corrected chi connectivity index (χ2v) is 6.91. The number of nitrogens with one attached hydrogen (secondary N) is 1. The number of rotatable bonds is 3. The summed E-state index contributed by atoms with van der Waals surface area (Å²) < 4.78 is 1.96. The van der Waals surface area contributed by atoms with Gasteiger partial charge in [0.15, 0.2) is 0 Å². The number of amides is 1. The van der Waals surface area contributed by atoms with E-state index in [2.05, 4.69) is 36.3 Å². The molecule has 1 amide bonds. The number of hydrogen-bond donors (Lipinski definition) is 1. The molecule has 3 rings (SSSR count). The Hall–Kier alpha value is -1.84. The Kier molecular flexibility index (Phi) is 4.99. The highest BCUT2D eigenvalue weighted by Gasteiger charge is 2.15. The molecule has 0 aliphatic heterocycles. The van der Waals surface area contributed by atoms with E-state index in [1.165, 1.54) is 43.2 Å². The van der Waals surface area contributed by atoms with E-state index in [0.717, 1.165) is 23.9 Å². The molecule has 4 heteroatoms. The second-order valence-electron chi connectivity index (χ2n) is 6.91. The van der Waals surface area contributed by atoms with Gasteiger partial charge in [-0.1, -0.05) is 32.1 Å². The molecule has 0 spiro atoms. The molecule has 0 bridgehead atoms. The Balaban J connectivity index is 1.66. The van der Waals surface area contributed by atoms with Gasteiger partial charge < -0.3 is 9.88 Å². The summed E-state index contributed by atoms with van der Waals surface area (Å²) in [4.78, 5) is 16.8. The first-order chi connectivity index (χ1) is 11.1. The number of aryl methyl sites for hydroxylation is 2. The summed E-state index contributed by atoms with van der Waals surface area (Å²) in [5.41, 5.74) is 4.48. The van der Waals surface area contributed by atoms with E-state index in [1.807, 2.05) is 4.57 Å². The fraction of sp³-hybridized carbons (Fsp3) is 0.579. The molecule has 1 heterocycles. The highest BCUT2D eigenvalue weighted by molar-refractivity contribution is 5.81. The van der Waals surface area contributed by atoms with Crippen molar-refractivity contribution >= 4 is 16.9 Å². The van der Waals surface area contributed by atoms with Crippen LogP contribution in [-0.2, 0) is 11.3 Å². The van der Waals surface area contributed by atoms with Gasteiger partial charge in [-0.05, 0) is 49.9 Å². The van der Waals surface area contributed by atoms with E-state index in [-0.39, 0.29) is 5.91 Å². The lowest BCUT2D eigenvalue weighted by Gasteiger charge is -2.21. The van der Waals surface area contributed by atoms with Gasteiger partial charge in [0, 0.05) is 6.04 Å². The topological polar surface area (TPSA) is 46.9 Å². The van der Waals surface area contributed by atoms with Crippen molar-refractivity contribution in [1.29, 1.82) is 0 Å². The Labute approximate surface area is 138 Å². The maximum absolute atomic E-state index is 12.4. The molecular formula is C19H27N3O. The summed E-state index contributed by atoms with van der Waals surface area (Å²) >= 11 is 0. The number of imidazole rings is 1. The Morgan fingerprint density at radius 2 is 1.78 bits per heavy atom. The molecule has 0 atom stereocenters. The summed E-state index contributed by atoms with van der Waals surface area (Å²) in [6.07, 6.45) is 10.4. The maximum Gasteiger partial charge on any atom is 0.240 e. The Morgan fingerprint density at radius 1 is 1.13 bits per heavy atom. The molecule has 4 nitrogen and oxygen atoms in total. The van der Waals surface area contributed by atoms with Gasteiger partial charge in [-0.15, -0.1) is 0 Å². The second kappa shape index (κ2) is 7.16. The quantitative estimate of drug-likeness (QED) is 0.934. The number of aromatic nitrogens is 2. The zero-order valence-electron chi connectivity index (χ0n) is 14.3. The summed E-state index contributed by atoms with van der Waals surface area (Å²) in [6.45, 7) is 4.55. The van der Waals surface area contributed by atoms with Crippen molar-refractivity contribution in [3.63, 3.8) is 0 Å². The van der Waals surface area contributed by atoms with Crippen LogP contribution in [0.2, 0.25) is 0 Å². The van der Waals surface area contributed by atoms with Crippen LogP contribution in [0.5, 0.6) is 0 Å². The van der Waals surface area contributed by atoms with Crippen LogP contribution in [0.15, 0.2) is 18.5 Å². The highest BCUT2D eigenvalue weighted by Crippen LogP contribution is 2.19. The molecular weight excluding hydrogens is 286 g/mol. The highest BCUT2D eigenvalue weighted by atomic mass is 16.2. The lowest BCUT2D eigenvalue weighted by molar-refractivity contribution is -0.122. The minimum atomic E-state index is 0.105. The van der Waals surface area contributed by atoms with Gasteiger partial charge in [0.1, 0.15) is 6.54 Å². The molecule has 1 aromatic heterocycles. The van der Waals surface area contributed by atoms with Crippen molar-refractivity contribution < 1.29 is 4.79 Å². The van der Waals surface area contributed by atoms with Gasteiger partial charge in [0.25, 0.3) is 0 Å². The van der Waals surface area contributed by atoms with Gasteiger partial charge in [-0.3, -0.25) is 4.79 Å². The van der Waals surface area contributed by atoms with Crippen molar-refractivity contribution in [2.45, 2.75) is 71.4 Å². The molecule has 0 unspecified atom stereocenters. The monoisotopic (exact) mass is 313 g/mol. The average Bonchev–Trinajstić information content (AvgIpc) is 2.84. The fourth-order valence-corrected chi connectivity index (χ4v) is 3.47. The Morgan fingerprint density at radius 3 is 2.52 bits per heavy atom. The third kappa shape index (κ3) is 3.92. The van der Waals surface area contributed by atoms with E-state index >= 15 is 0 Å². The first-order valence-electron chi connectivity index (χ1n) is 8.85. The zero-order valence-corrected chi connectivity index (χ0v) is 14.3. The molecule has 1 fully saturated rings. The first-order valence-corrected chi connectivity index (χ1v) is 8.85. The average molecular weight is 313 g/mol. The number of hydrogen-bond acceptors (Lipinski definition) is 2. The molecule has 23 heavy (non-hydrogen) atoms. The van der Waals surface area contributed by atoms with Crippen molar-refractivity contribution in [2.24, 2.45) is 0 Å². The summed E-state index contributed by atoms with van der Waals surface area (Å²) in [5, 5.41) is 3.23. The van der Waals surface area contributed by atoms with Crippen molar-refractivity contribution in [3.05, 3.63) is 29.6 Å². The molecule has 1 N–H and O–H groups in total. The molecule has 124 valence electrons. The van der Waals surface area contributed by atoms with Crippen LogP contribution in [-0.4, -0.2) is 21.5 Å². The van der Waals surface area contributed by atoms with Gasteiger partial charge in [-0.25, -0.2) is 4.98 Å². The van der Waals surface area contributed by atoms with Crippen LogP contribution in [0.25, 0.3) is 11.0 Å². The summed E-state index contributed by atoms with van der Waals surface area (Å²) in [5.74, 6) is 0.105. The predicted molar refractivity (Wildman–Crippen MR) is 93.5 cm³/mol. The molecule has 1 saturated carbocycles. The van der Waals surface area contributed by atoms with Gasteiger partial charge in [0.2, 0.25) is 5.91 Å². The number of carbonyl (C=O) groups is 1. The van der Waals surface area contributed by atoms with E-state index in [9.17, 15) is 4.79 Å². The van der Waals surface area contributed by atoms with Crippen LogP contribution in [0.3, 0.4) is 0 Å². The number of fused-ring (bicyclic) bond motifs is 1. The molecule has 0 saturated heterocycles. The zero-order chi connectivity index (χ0) is 16.2. The summed E-state index contributed by atoms with van der Waals surface area (Å²) in [7, 11) is 0. The summed E-state index contributed by atoms with van der Waals surface area (Å²) in [6, 6.07) is 4.57. The van der Waals surface area contributed by atoms with E-state index in [0.29, 0.717) is 12.6 Å². The smallest absolute Gasteiger partial charge is 0.240 e. The largest absolute Gasteiger partial charge is 0.352 e. The molecule has 0 radical (unpaired) electrons. The lowest BCUT2D eigenvalue weighted by Crippen LogP contribution is -2.37. The molecule has 1 aromatic carbocycles. The van der Waals surface area contributed by atoms with Gasteiger partial charge in [-0.2, -0.15) is 0 Å². The number of benzene rings is 1. The van der Waals surface area contributed by atoms with Crippen molar-refractivity contribution in [3.8, 4) is 0 Å². The van der Waals surface area contributed by atoms with Crippen LogP contribution >= 0.6 is 0 Å². The van der Waals surface area contributed by atoms with Crippen molar-refractivity contribution in [2.75, 3.05) is 0 Å². The first kappa shape index (κ1) is 16.0. The number of carbonyl (C=O) groups excluding carboxylic acids is 1. The number of nitrogens with zero attached hydrogens (tertiary/aromatic N) is 2. The van der Waals surface area contributed by atoms with Gasteiger partial charge >= 0.3 is 0 Å². The normalized spacial score (nSPS) is 17.0. The molecule has 1 aliphatic carbocycles. The van der Waals surface area contributed by atoms with Gasteiger partial charge in [0.05, 0.1) is 17.4 Å². The predicted octanol–water partition coefficient (Wildman–Crippen LogP) is 3.88. The van der Waals surface area contributed by atoms with Crippen LogP contribution in [0, 0.1) is 13.8 Å². The maximum atomic E-state index is 12.4. The molecule has 1 aliphatic rings. The van der Waals surface area contributed by atoms with Crippen LogP contribution in [0.4, 0.5) is 0 Å². The van der Waals surface area contributed by atoms with E-state index in [4.69, 9.17) is 0 Å². The standard InChI is InChI=1S/C19H27N3O/c1-14-10-17-18(11-15(14)2)22(13-20-17)12-19(23)21-16-8-6-4-3-5-7-9-16/h10-11,13,16H,3-9,12H2,1-2H3,(H,21,23).